The van der Waals surface area contributed by atoms with E-state index in [4.69, 9.17) is 0 Å². The first-order valence-electron chi connectivity index (χ1n) is 17.6. The van der Waals surface area contributed by atoms with E-state index in [1.54, 1.807) is 36.8 Å². The van der Waals surface area contributed by atoms with Crippen molar-refractivity contribution in [1.29, 1.82) is 0 Å². The molecule has 0 saturated carbocycles. The maximum absolute atomic E-state index is 14.5. The van der Waals surface area contributed by atoms with Gasteiger partial charge in [0, 0.05) is 47.7 Å². The molecule has 0 saturated heterocycles. The monoisotopic (exact) mass is 915 g/mol. The number of aromatic nitrogens is 3. The third-order valence-corrected chi connectivity index (χ3v) is 9.22. The molecule has 3 heterocycles. The van der Waals surface area contributed by atoms with Gasteiger partial charge in [-0.1, -0.05) is 90.3 Å². The first kappa shape index (κ1) is 39.3. The predicted octanol–water partition coefficient (Wildman–Crippen LogP) is 10.6. The van der Waals surface area contributed by atoms with E-state index in [-0.39, 0.29) is 37.0 Å². The average molecular weight is 915 g/mol. The van der Waals surface area contributed by atoms with Crippen molar-refractivity contribution in [2.24, 2.45) is 0 Å². The molecule has 0 aliphatic rings. The van der Waals surface area contributed by atoms with Crippen LogP contribution in [-0.4, -0.2) is 15.0 Å². The van der Waals surface area contributed by atoms with Crippen LogP contribution in [0.3, 0.4) is 0 Å². The van der Waals surface area contributed by atoms with Crippen LogP contribution in [0.2, 0.25) is 0 Å². The number of benzene rings is 4. The smallest absolute Gasteiger partial charge is 0.304 e. The Balaban J connectivity index is 0.00000514. The molecule has 7 rings (SSSR count). The molecule has 0 N–H and O–H groups in total. The second kappa shape index (κ2) is 17.8. The van der Waals surface area contributed by atoms with Crippen LogP contribution >= 0.6 is 0 Å². The van der Waals surface area contributed by atoms with Crippen molar-refractivity contribution in [2.45, 2.75) is 45.4 Å². The molecule has 0 aliphatic carbocycles. The number of aryl methyl sites for hydroxylation is 7. The Morgan fingerprint density at radius 1 is 0.418 bits per heavy atom. The molecule has 0 aliphatic heterocycles. The minimum Gasteiger partial charge on any atom is -0.304 e. The number of hydrogen-bond acceptors (Lipinski definition) is 3. The van der Waals surface area contributed by atoms with Gasteiger partial charge in [-0.2, -0.15) is 0 Å². The summed E-state index contributed by atoms with van der Waals surface area (Å²) in [6.45, 7) is 1.82. The summed E-state index contributed by atoms with van der Waals surface area (Å²) in [5.74, 6) is -3.15. The summed E-state index contributed by atoms with van der Waals surface area (Å²) < 4.78 is 69.9. The second-order valence-electron chi connectivity index (χ2n) is 13.3. The van der Waals surface area contributed by atoms with Gasteiger partial charge in [-0.25, -0.2) is 0 Å². The topological polar surface area (TPSA) is 38.7 Å². The molecule has 276 valence electrons. The zero-order valence-corrected chi connectivity index (χ0v) is 32.1. The van der Waals surface area contributed by atoms with Crippen molar-refractivity contribution >= 4 is 0 Å². The summed E-state index contributed by atoms with van der Waals surface area (Å²) in [5, 5.41) is 0. The molecule has 3 nitrogen and oxygen atoms in total. The van der Waals surface area contributed by atoms with E-state index >= 15 is 0 Å². The molecule has 0 amide bonds. The quantitative estimate of drug-likeness (QED) is 0.0906. The van der Waals surface area contributed by atoms with Crippen LogP contribution < -0.4 is 0 Å². The fourth-order valence-electron chi connectivity index (χ4n) is 6.35. The Morgan fingerprint density at radius 3 is 1.05 bits per heavy atom. The number of pyridine rings is 3. The Morgan fingerprint density at radius 2 is 0.745 bits per heavy atom. The molecule has 0 radical (unpaired) electrons. The summed E-state index contributed by atoms with van der Waals surface area (Å²) in [5.41, 5.74) is 9.14. The van der Waals surface area contributed by atoms with Gasteiger partial charge >= 0.3 is 20.1 Å². The first-order chi connectivity index (χ1) is 26.2. The predicted molar refractivity (Wildman–Crippen MR) is 199 cm³/mol. The molecular weight excluding hydrogens is 882 g/mol. The van der Waals surface area contributed by atoms with Gasteiger partial charge in [0.25, 0.3) is 0 Å². The van der Waals surface area contributed by atoms with Crippen molar-refractivity contribution in [3.8, 4) is 33.8 Å². The molecule has 55 heavy (non-hydrogen) atoms. The molecule has 3 aromatic heterocycles. The Labute approximate surface area is 330 Å². The molecule has 0 fully saturated rings. The van der Waals surface area contributed by atoms with Crippen LogP contribution in [0.15, 0.2) is 110 Å². The molecule has 0 bridgehead atoms. The van der Waals surface area contributed by atoms with E-state index in [9.17, 15) is 22.0 Å². The summed E-state index contributed by atoms with van der Waals surface area (Å²) in [6, 6.07) is 32.9. The number of halogens is 5. The summed E-state index contributed by atoms with van der Waals surface area (Å²) >= 11 is 0. The molecule has 7 aromatic rings. The third-order valence-electron chi connectivity index (χ3n) is 9.22. The summed E-state index contributed by atoms with van der Waals surface area (Å²) in [6.07, 6.45) is 9.58. The molecular formula is C46H33F5IrN3. The van der Waals surface area contributed by atoms with E-state index in [1.807, 2.05) is 31.2 Å². The van der Waals surface area contributed by atoms with Gasteiger partial charge in [-0.05, 0) is 89.0 Å². The van der Waals surface area contributed by atoms with Crippen LogP contribution in [0.1, 0.15) is 38.9 Å². The van der Waals surface area contributed by atoms with Crippen molar-refractivity contribution in [3.63, 3.8) is 0 Å². The fraction of sp³-hybridized carbons (Fsp3) is 0.152. The molecule has 9 heteroatoms. The maximum Gasteiger partial charge on any atom is 3.00 e. The normalized spacial score (nSPS) is 11.0. The third kappa shape index (κ3) is 10.0. The van der Waals surface area contributed by atoms with E-state index in [0.717, 1.165) is 88.9 Å². The van der Waals surface area contributed by atoms with Gasteiger partial charge in [-0.3, -0.25) is 22.0 Å². The van der Waals surface area contributed by atoms with Crippen molar-refractivity contribution < 1.29 is 42.1 Å². The fourth-order valence-corrected chi connectivity index (χ4v) is 6.35. The van der Waals surface area contributed by atoms with Crippen LogP contribution in [0, 0.1) is 54.2 Å². The number of rotatable bonds is 12. The van der Waals surface area contributed by atoms with E-state index in [1.165, 1.54) is 6.07 Å². The summed E-state index contributed by atoms with van der Waals surface area (Å²) in [7, 11) is 0. The number of nitrogens with zero attached hydrogens (tertiary/aromatic N) is 3. The zero-order chi connectivity index (χ0) is 37.6. The second-order valence-corrected chi connectivity index (χ2v) is 13.3. The standard InChI is InChI=1S/C46H33F5N3.Ir/c1-29-2-14-38(41(49)20-29)44-17-9-30(26-52-44)3-6-33-21-34(7-4-31-10-18-45(53-27-31)39-15-12-36(47)24-42(39)50)23-35(22-33)8-5-32-11-19-46(54-28-32)40-16-13-37(48)25-43(40)51;/h2,9-13,17-28H,3-8H2,1H3;/q-3;+3. The Hall–Kier alpha value is -5.37. The van der Waals surface area contributed by atoms with Gasteiger partial charge in [0.2, 0.25) is 0 Å². The maximum atomic E-state index is 14.5. The average Bonchev–Trinajstić information content (AvgIpc) is 3.16. The van der Waals surface area contributed by atoms with Gasteiger partial charge in [0.1, 0.15) is 0 Å². The molecule has 0 atom stereocenters. The van der Waals surface area contributed by atoms with Crippen LogP contribution in [0.4, 0.5) is 22.0 Å². The van der Waals surface area contributed by atoms with Gasteiger partial charge in [0.05, 0.1) is 0 Å². The Kier molecular flexibility index (Phi) is 12.8. The minimum atomic E-state index is -0.711. The number of hydrogen-bond donors (Lipinski definition) is 0. The molecule has 0 unspecified atom stereocenters. The molecule has 4 aromatic carbocycles. The summed E-state index contributed by atoms with van der Waals surface area (Å²) in [4.78, 5) is 13.3. The van der Waals surface area contributed by atoms with Gasteiger partial charge < -0.3 is 15.0 Å². The van der Waals surface area contributed by atoms with Crippen LogP contribution in [0.25, 0.3) is 33.8 Å². The zero-order valence-electron chi connectivity index (χ0n) is 29.7. The molecule has 0 spiro atoms. The van der Waals surface area contributed by atoms with Crippen molar-refractivity contribution in [2.75, 3.05) is 0 Å². The SMILES string of the molecule is Cc1c[c-]c(-c2ccc(CCc3cc(CCc4ccc(-c5[c-]cc(F)cc5F)nc4)cc(CCc4ccc(-c5[c-]cc(F)cc5F)nc4)c3)cn2)c(F)c1.[Ir+3]. The van der Waals surface area contributed by atoms with E-state index in [0.29, 0.717) is 35.5 Å². The Bertz CT molecular complexity index is 2120. The van der Waals surface area contributed by atoms with Crippen LogP contribution in [-0.2, 0) is 58.6 Å². The van der Waals surface area contributed by atoms with Crippen molar-refractivity contribution in [3.05, 3.63) is 196 Å². The van der Waals surface area contributed by atoms with Crippen molar-refractivity contribution in [1.82, 2.24) is 15.0 Å². The van der Waals surface area contributed by atoms with Crippen LogP contribution in [0.5, 0.6) is 0 Å². The van der Waals surface area contributed by atoms with Gasteiger partial charge in [-0.15, -0.1) is 48.0 Å². The minimum absolute atomic E-state index is 0. The van der Waals surface area contributed by atoms with Gasteiger partial charge in [0.15, 0.2) is 0 Å². The first-order valence-corrected chi connectivity index (χ1v) is 17.6. The van der Waals surface area contributed by atoms with E-state index in [2.05, 4.69) is 51.4 Å². The van der Waals surface area contributed by atoms with E-state index < -0.39 is 23.3 Å². The largest absolute Gasteiger partial charge is 3.00 e.